The van der Waals surface area contributed by atoms with E-state index in [1.165, 1.54) is 13.8 Å². The van der Waals surface area contributed by atoms with E-state index < -0.39 is 42.9 Å². The van der Waals surface area contributed by atoms with E-state index in [-0.39, 0.29) is 0 Å². The first-order valence-corrected chi connectivity index (χ1v) is 9.62. The van der Waals surface area contributed by atoms with E-state index in [2.05, 4.69) is 10.3 Å². The predicted octanol–water partition coefficient (Wildman–Crippen LogP) is 4.58. The van der Waals surface area contributed by atoms with Gasteiger partial charge in [-0.25, -0.2) is 0 Å². The van der Waals surface area contributed by atoms with Crippen LogP contribution < -0.4 is 5.32 Å². The molecule has 0 saturated heterocycles. The predicted molar refractivity (Wildman–Crippen MR) is 107 cm³/mol. The molecule has 8 heteroatoms. The van der Waals surface area contributed by atoms with Crippen molar-refractivity contribution in [3.63, 3.8) is 0 Å². The van der Waals surface area contributed by atoms with Crippen molar-refractivity contribution in [2.24, 2.45) is 5.92 Å². The maximum absolute atomic E-state index is 13.4. The number of carbonyl (C=O) groups is 1. The van der Waals surface area contributed by atoms with Crippen LogP contribution in [0.2, 0.25) is 0 Å². The Hall–Kier alpha value is -2.45. The summed E-state index contributed by atoms with van der Waals surface area (Å²) in [5.41, 5.74) is 1.50. The molecule has 0 bridgehead atoms. The third-order valence-electron chi connectivity index (χ3n) is 4.59. The highest BCUT2D eigenvalue weighted by Crippen LogP contribution is 2.32. The quantitative estimate of drug-likeness (QED) is 0.578. The molecule has 2 N–H and O–H groups in total. The molecule has 30 heavy (non-hydrogen) atoms. The van der Waals surface area contributed by atoms with Crippen LogP contribution in [0.3, 0.4) is 0 Å². The van der Waals surface area contributed by atoms with Gasteiger partial charge in [0.25, 0.3) is 5.91 Å². The summed E-state index contributed by atoms with van der Waals surface area (Å²) in [5, 5.41) is 11.7. The summed E-state index contributed by atoms with van der Waals surface area (Å²) in [4.78, 5) is 15.6. The lowest BCUT2D eigenvalue weighted by Gasteiger charge is -2.34. The van der Waals surface area contributed by atoms with Gasteiger partial charge in [0.15, 0.2) is 0 Å². The van der Waals surface area contributed by atoms with E-state index in [4.69, 9.17) is 4.74 Å². The van der Waals surface area contributed by atoms with Gasteiger partial charge in [-0.2, -0.15) is 8.78 Å². The molecule has 1 aromatic carbocycles. The van der Waals surface area contributed by atoms with Crippen LogP contribution in [0.15, 0.2) is 42.6 Å². The van der Waals surface area contributed by atoms with Crippen molar-refractivity contribution in [3.8, 4) is 11.1 Å². The number of nitrogens with one attached hydrogen (secondary N) is 1. The number of ether oxygens (including phenoxy) is 1. The molecule has 2 aromatic rings. The molecule has 0 aliphatic heterocycles. The SMILES string of the molecule is CC(O)c1ccc(-c2ccc(C(OC(C)(C)NC(=O)C(F)F)C(C)CF)cc2)cn1. The van der Waals surface area contributed by atoms with E-state index >= 15 is 0 Å². The number of rotatable bonds is 9. The normalized spacial score (nSPS) is 15.0. The van der Waals surface area contributed by atoms with Gasteiger partial charge in [0.05, 0.1) is 24.6 Å². The number of aliphatic hydroxyl groups is 1. The Morgan fingerprint density at radius 1 is 1.13 bits per heavy atom. The van der Waals surface area contributed by atoms with Crippen LogP contribution in [-0.2, 0) is 9.53 Å². The number of amides is 1. The molecule has 1 aromatic heterocycles. The number of hydrogen-bond acceptors (Lipinski definition) is 4. The average Bonchev–Trinajstić information content (AvgIpc) is 2.71. The molecule has 1 heterocycles. The Bertz CT molecular complexity index is 825. The summed E-state index contributed by atoms with van der Waals surface area (Å²) < 4.78 is 44.4. The summed E-state index contributed by atoms with van der Waals surface area (Å²) in [6, 6.07) is 10.7. The molecule has 2 rings (SSSR count). The van der Waals surface area contributed by atoms with Crippen LogP contribution in [-0.4, -0.2) is 34.8 Å². The highest BCUT2D eigenvalue weighted by Gasteiger charge is 2.32. The molecule has 0 spiro atoms. The van der Waals surface area contributed by atoms with E-state index in [1.54, 1.807) is 38.2 Å². The van der Waals surface area contributed by atoms with Gasteiger partial charge in [-0.1, -0.05) is 37.3 Å². The van der Waals surface area contributed by atoms with Crippen molar-refractivity contribution in [2.45, 2.75) is 52.1 Å². The molecule has 1 amide bonds. The lowest BCUT2D eigenvalue weighted by Crippen LogP contribution is -2.49. The van der Waals surface area contributed by atoms with Gasteiger partial charge in [0, 0.05) is 17.7 Å². The maximum Gasteiger partial charge on any atom is 0.315 e. The largest absolute Gasteiger partial charge is 0.387 e. The summed E-state index contributed by atoms with van der Waals surface area (Å²) in [7, 11) is 0. The van der Waals surface area contributed by atoms with Crippen molar-refractivity contribution in [1.29, 1.82) is 0 Å². The van der Waals surface area contributed by atoms with Crippen molar-refractivity contribution < 1.29 is 27.8 Å². The molecule has 0 aliphatic rings. The van der Waals surface area contributed by atoms with Crippen LogP contribution in [0.1, 0.15) is 51.2 Å². The molecule has 0 aliphatic carbocycles. The number of nitrogens with zero attached hydrogens (tertiary/aromatic N) is 1. The average molecular weight is 424 g/mol. The Balaban J connectivity index is 2.22. The number of pyridine rings is 1. The van der Waals surface area contributed by atoms with Crippen LogP contribution in [0, 0.1) is 5.92 Å². The molecule has 5 nitrogen and oxygen atoms in total. The fourth-order valence-electron chi connectivity index (χ4n) is 2.98. The van der Waals surface area contributed by atoms with Crippen LogP contribution in [0.4, 0.5) is 13.2 Å². The maximum atomic E-state index is 13.4. The van der Waals surface area contributed by atoms with Crippen molar-refractivity contribution in [3.05, 3.63) is 53.9 Å². The van der Waals surface area contributed by atoms with Gasteiger partial charge in [-0.3, -0.25) is 14.2 Å². The zero-order chi connectivity index (χ0) is 22.5. The highest BCUT2D eigenvalue weighted by molar-refractivity contribution is 5.79. The minimum absolute atomic E-state index is 0.564. The lowest BCUT2D eigenvalue weighted by molar-refractivity contribution is -0.152. The number of aromatic nitrogens is 1. The first-order valence-electron chi connectivity index (χ1n) is 9.62. The van der Waals surface area contributed by atoms with Crippen molar-refractivity contribution >= 4 is 5.91 Å². The minimum atomic E-state index is -3.17. The van der Waals surface area contributed by atoms with Gasteiger partial charge >= 0.3 is 6.43 Å². The number of benzene rings is 1. The molecular weight excluding hydrogens is 397 g/mol. The van der Waals surface area contributed by atoms with Gasteiger partial charge in [0.1, 0.15) is 5.72 Å². The van der Waals surface area contributed by atoms with Crippen molar-refractivity contribution in [2.75, 3.05) is 6.67 Å². The van der Waals surface area contributed by atoms with Crippen LogP contribution >= 0.6 is 0 Å². The topological polar surface area (TPSA) is 71.5 Å². The zero-order valence-corrected chi connectivity index (χ0v) is 17.4. The van der Waals surface area contributed by atoms with Gasteiger partial charge in [-0.15, -0.1) is 0 Å². The summed E-state index contributed by atoms with van der Waals surface area (Å²) in [5.74, 6) is -2.01. The van der Waals surface area contributed by atoms with Crippen LogP contribution in [0.25, 0.3) is 11.1 Å². The van der Waals surface area contributed by atoms with Crippen LogP contribution in [0.5, 0.6) is 0 Å². The second-order valence-corrected chi connectivity index (χ2v) is 7.74. The van der Waals surface area contributed by atoms with Gasteiger partial charge in [0.2, 0.25) is 0 Å². The summed E-state index contributed by atoms with van der Waals surface area (Å²) >= 11 is 0. The van der Waals surface area contributed by atoms with Gasteiger partial charge < -0.3 is 15.2 Å². The molecular formula is C22H27F3N2O3. The molecule has 3 unspecified atom stereocenters. The lowest BCUT2D eigenvalue weighted by atomic mass is 9.95. The fourth-order valence-corrected chi connectivity index (χ4v) is 2.98. The number of alkyl halides is 3. The number of aliphatic hydroxyl groups excluding tert-OH is 1. The fraction of sp³-hybridized carbons (Fsp3) is 0.455. The van der Waals surface area contributed by atoms with Crippen molar-refractivity contribution in [1.82, 2.24) is 10.3 Å². The first-order chi connectivity index (χ1) is 14.0. The summed E-state index contributed by atoms with van der Waals surface area (Å²) in [6.45, 7) is 5.47. The van der Waals surface area contributed by atoms with E-state index in [0.29, 0.717) is 11.3 Å². The molecule has 0 fully saturated rings. The summed E-state index contributed by atoms with van der Waals surface area (Å²) in [6.07, 6.45) is -2.93. The number of hydrogen-bond donors (Lipinski definition) is 2. The molecule has 164 valence electrons. The van der Waals surface area contributed by atoms with E-state index in [9.17, 15) is 23.1 Å². The number of halogens is 3. The third kappa shape index (κ3) is 6.27. The first kappa shape index (κ1) is 23.8. The highest BCUT2D eigenvalue weighted by atomic mass is 19.3. The standard InChI is InChI=1S/C22H27F3N2O3/c1-13(11-23)19(30-22(3,4)27-21(29)20(24)25)16-7-5-15(6-8-16)17-9-10-18(14(2)28)26-12-17/h5-10,12-14,19-20,28H,11H2,1-4H3,(H,27,29). The Kier molecular flexibility index (Phi) is 7.97. The minimum Gasteiger partial charge on any atom is -0.387 e. The number of carbonyl (C=O) groups excluding carboxylic acids is 1. The van der Waals surface area contributed by atoms with E-state index in [1.807, 2.05) is 18.2 Å². The Morgan fingerprint density at radius 3 is 2.20 bits per heavy atom. The van der Waals surface area contributed by atoms with Gasteiger partial charge in [-0.05, 0) is 38.0 Å². The molecule has 3 atom stereocenters. The molecule has 0 saturated carbocycles. The Labute approximate surface area is 174 Å². The second-order valence-electron chi connectivity index (χ2n) is 7.74. The molecule has 0 radical (unpaired) electrons. The smallest absolute Gasteiger partial charge is 0.315 e. The monoisotopic (exact) mass is 424 g/mol. The zero-order valence-electron chi connectivity index (χ0n) is 17.4. The third-order valence-corrected chi connectivity index (χ3v) is 4.59. The Morgan fingerprint density at radius 2 is 1.73 bits per heavy atom. The second kappa shape index (κ2) is 10.0. The van der Waals surface area contributed by atoms with E-state index in [0.717, 1.165) is 11.1 Å².